The molecule has 31 heavy (non-hydrogen) atoms. The number of hydrogen-bond donors (Lipinski definition) is 3. The summed E-state index contributed by atoms with van der Waals surface area (Å²) in [5.74, 6) is 0.971. The smallest absolute Gasteiger partial charge is 0.229 e. The van der Waals surface area contributed by atoms with Gasteiger partial charge in [-0.05, 0) is 55.0 Å². The second kappa shape index (κ2) is 10.00. The highest BCUT2D eigenvalue weighted by Gasteiger charge is 2.22. The number of guanidine groups is 1. The molecule has 0 heterocycles. The molecule has 168 valence electrons. The lowest BCUT2D eigenvalue weighted by Gasteiger charge is -2.20. The van der Waals surface area contributed by atoms with Gasteiger partial charge in [0.15, 0.2) is 17.5 Å². The minimum atomic E-state index is -3.38. The van der Waals surface area contributed by atoms with Crippen LogP contribution in [0.3, 0.4) is 0 Å². The molecular weight excluding hydrogens is 419 g/mol. The molecule has 0 aromatic heterocycles. The minimum absolute atomic E-state index is 0.206. The lowest BCUT2D eigenvalue weighted by atomic mass is 10.1. The van der Waals surface area contributed by atoms with Crippen molar-refractivity contribution in [3.05, 3.63) is 59.4 Å². The highest BCUT2D eigenvalue weighted by atomic mass is 32.2. The monoisotopic (exact) mass is 448 g/mol. The van der Waals surface area contributed by atoms with Crippen molar-refractivity contribution in [2.45, 2.75) is 32.4 Å². The number of para-hydroxylation sites is 1. The molecule has 1 unspecified atom stereocenters. The van der Waals surface area contributed by atoms with Crippen LogP contribution in [0.5, 0.6) is 5.75 Å². The normalized spacial score (nSPS) is 15.3. The molecule has 3 N–H and O–H groups in total. The van der Waals surface area contributed by atoms with E-state index in [1.54, 1.807) is 25.2 Å². The Labute approximate surface area is 183 Å². The summed E-state index contributed by atoms with van der Waals surface area (Å²) >= 11 is 0. The second-order valence-electron chi connectivity index (χ2n) is 7.77. The fourth-order valence-electron chi connectivity index (χ4n) is 3.03. The third-order valence-electron chi connectivity index (χ3n) is 4.96. The molecule has 9 heteroatoms. The summed E-state index contributed by atoms with van der Waals surface area (Å²) in [4.78, 5) is 4.21. The molecule has 2 aromatic carbocycles. The molecule has 0 aliphatic heterocycles. The fourth-order valence-corrected chi connectivity index (χ4v) is 3.63. The summed E-state index contributed by atoms with van der Waals surface area (Å²) in [6.07, 6.45) is 3.42. The van der Waals surface area contributed by atoms with Gasteiger partial charge in [-0.3, -0.25) is 9.71 Å². The zero-order valence-corrected chi connectivity index (χ0v) is 18.8. The van der Waals surface area contributed by atoms with E-state index in [9.17, 15) is 12.8 Å². The van der Waals surface area contributed by atoms with Gasteiger partial charge in [0.2, 0.25) is 10.0 Å². The molecule has 3 rings (SSSR count). The van der Waals surface area contributed by atoms with Crippen LogP contribution in [0.15, 0.2) is 47.5 Å². The number of ether oxygens (including phenoxy) is 1. The Morgan fingerprint density at radius 1 is 1.26 bits per heavy atom. The van der Waals surface area contributed by atoms with E-state index >= 15 is 0 Å². The van der Waals surface area contributed by atoms with E-state index in [1.807, 2.05) is 25.1 Å². The van der Waals surface area contributed by atoms with Crippen LogP contribution in [-0.4, -0.2) is 34.3 Å². The van der Waals surface area contributed by atoms with Gasteiger partial charge in [0.1, 0.15) is 0 Å². The topological polar surface area (TPSA) is 91.8 Å². The van der Waals surface area contributed by atoms with Crippen molar-refractivity contribution in [3.8, 4) is 5.75 Å². The summed E-state index contributed by atoms with van der Waals surface area (Å²) < 4.78 is 45.6. The number of nitrogens with zero attached hydrogens (tertiary/aromatic N) is 1. The standard InChI is InChI=1S/C22H29FN4O3S/c1-15(17-10-11-21(19(23)12-17)30-14-16-8-9-16)26-22(24-2)25-13-18-6-4-5-7-20(18)27-31(3,28)29/h4-7,10-12,15-16,27H,8-9,13-14H2,1-3H3,(H2,24,25,26). The molecular formula is C22H29FN4O3S. The van der Waals surface area contributed by atoms with Gasteiger partial charge in [0, 0.05) is 13.6 Å². The summed E-state index contributed by atoms with van der Waals surface area (Å²) in [6, 6.07) is 11.9. The maximum Gasteiger partial charge on any atom is 0.229 e. The average Bonchev–Trinajstić information content (AvgIpc) is 3.54. The van der Waals surface area contributed by atoms with Crippen molar-refractivity contribution in [3.63, 3.8) is 0 Å². The van der Waals surface area contributed by atoms with Crippen molar-refractivity contribution in [1.82, 2.24) is 10.6 Å². The van der Waals surface area contributed by atoms with Gasteiger partial charge in [0.25, 0.3) is 0 Å². The number of hydrogen-bond acceptors (Lipinski definition) is 4. The van der Waals surface area contributed by atoms with Crippen LogP contribution in [0.25, 0.3) is 0 Å². The van der Waals surface area contributed by atoms with E-state index in [2.05, 4.69) is 20.3 Å². The molecule has 0 amide bonds. The first kappa shape index (κ1) is 22.9. The number of rotatable bonds is 9. The lowest BCUT2D eigenvalue weighted by Crippen LogP contribution is -2.38. The van der Waals surface area contributed by atoms with Gasteiger partial charge in [-0.2, -0.15) is 0 Å². The molecule has 7 nitrogen and oxygen atoms in total. The third-order valence-corrected chi connectivity index (χ3v) is 5.55. The SMILES string of the molecule is CN=C(NCc1ccccc1NS(C)(=O)=O)NC(C)c1ccc(OCC2CC2)c(F)c1. The van der Waals surface area contributed by atoms with Gasteiger partial charge in [-0.1, -0.05) is 24.3 Å². The number of anilines is 1. The second-order valence-corrected chi connectivity index (χ2v) is 9.52. The predicted molar refractivity (Wildman–Crippen MR) is 121 cm³/mol. The summed E-state index contributed by atoms with van der Waals surface area (Å²) in [5.41, 5.74) is 2.04. The van der Waals surface area contributed by atoms with Crippen LogP contribution in [0.1, 0.15) is 36.9 Å². The van der Waals surface area contributed by atoms with Gasteiger partial charge < -0.3 is 15.4 Å². The van der Waals surface area contributed by atoms with Crippen molar-refractivity contribution in [1.29, 1.82) is 0 Å². The number of aliphatic imine (C=N–C) groups is 1. The highest BCUT2D eigenvalue weighted by molar-refractivity contribution is 7.92. The first-order valence-electron chi connectivity index (χ1n) is 10.2. The van der Waals surface area contributed by atoms with Crippen LogP contribution in [-0.2, 0) is 16.6 Å². The van der Waals surface area contributed by atoms with E-state index in [-0.39, 0.29) is 17.6 Å². The maximum atomic E-state index is 14.4. The first-order chi connectivity index (χ1) is 14.7. The maximum absolute atomic E-state index is 14.4. The molecule has 0 saturated heterocycles. The van der Waals surface area contributed by atoms with E-state index < -0.39 is 10.0 Å². The van der Waals surface area contributed by atoms with Crippen molar-refractivity contribution in [2.24, 2.45) is 10.9 Å². The van der Waals surface area contributed by atoms with E-state index in [0.717, 1.165) is 30.2 Å². The van der Waals surface area contributed by atoms with Gasteiger partial charge in [0.05, 0.1) is 24.6 Å². The molecule has 1 saturated carbocycles. The fraction of sp³-hybridized carbons (Fsp3) is 0.409. The van der Waals surface area contributed by atoms with Crippen molar-refractivity contribution >= 4 is 21.7 Å². The first-order valence-corrected chi connectivity index (χ1v) is 12.1. The third kappa shape index (κ3) is 7.13. The van der Waals surface area contributed by atoms with Crippen LogP contribution in [0.4, 0.5) is 10.1 Å². The number of nitrogens with one attached hydrogen (secondary N) is 3. The molecule has 1 atom stereocenters. The molecule has 1 fully saturated rings. The van der Waals surface area contributed by atoms with Crippen LogP contribution in [0.2, 0.25) is 0 Å². The summed E-state index contributed by atoms with van der Waals surface area (Å²) in [5, 5.41) is 6.38. The van der Waals surface area contributed by atoms with Gasteiger partial charge >= 0.3 is 0 Å². The predicted octanol–water partition coefficient (Wildman–Crippen LogP) is 3.41. The van der Waals surface area contributed by atoms with Crippen LogP contribution >= 0.6 is 0 Å². The molecule has 1 aliphatic carbocycles. The van der Waals surface area contributed by atoms with Crippen LogP contribution in [0, 0.1) is 11.7 Å². The molecule has 0 radical (unpaired) electrons. The zero-order valence-electron chi connectivity index (χ0n) is 18.0. The molecule has 0 bridgehead atoms. The Hall–Kier alpha value is -2.81. The van der Waals surface area contributed by atoms with Crippen molar-refractivity contribution in [2.75, 3.05) is 24.6 Å². The molecule has 2 aromatic rings. The Morgan fingerprint density at radius 2 is 2.00 bits per heavy atom. The highest BCUT2D eigenvalue weighted by Crippen LogP contribution is 2.30. The number of halogens is 1. The lowest BCUT2D eigenvalue weighted by molar-refractivity contribution is 0.285. The van der Waals surface area contributed by atoms with E-state index in [4.69, 9.17) is 4.74 Å². The zero-order chi connectivity index (χ0) is 22.4. The van der Waals surface area contributed by atoms with E-state index in [0.29, 0.717) is 30.7 Å². The Kier molecular flexibility index (Phi) is 7.37. The number of benzene rings is 2. The Balaban J connectivity index is 1.59. The Morgan fingerprint density at radius 3 is 2.65 bits per heavy atom. The van der Waals surface area contributed by atoms with E-state index in [1.165, 1.54) is 6.07 Å². The minimum Gasteiger partial charge on any atom is -0.490 e. The van der Waals surface area contributed by atoms with Crippen molar-refractivity contribution < 1.29 is 17.5 Å². The Bertz CT molecular complexity index is 1040. The molecule has 1 aliphatic rings. The summed E-state index contributed by atoms with van der Waals surface area (Å²) in [6.45, 7) is 2.83. The average molecular weight is 449 g/mol. The quantitative estimate of drug-likeness (QED) is 0.404. The van der Waals surface area contributed by atoms with Crippen LogP contribution < -0.4 is 20.1 Å². The molecule has 0 spiro atoms. The number of sulfonamides is 1. The summed E-state index contributed by atoms with van der Waals surface area (Å²) in [7, 11) is -1.74. The van der Waals surface area contributed by atoms with Gasteiger partial charge in [-0.25, -0.2) is 12.8 Å². The largest absolute Gasteiger partial charge is 0.490 e. The van der Waals surface area contributed by atoms with Gasteiger partial charge in [-0.15, -0.1) is 0 Å².